The zero-order valence-electron chi connectivity index (χ0n) is 12.2. The molecule has 0 saturated carbocycles. The van der Waals surface area contributed by atoms with Gasteiger partial charge in [0.1, 0.15) is 5.01 Å². The molecule has 0 radical (unpaired) electrons. The molecule has 0 saturated heterocycles. The number of Topliss-reactive ketones (excluding diaryl/α,β-unsaturated/α-hetero) is 1. The van der Waals surface area contributed by atoms with Gasteiger partial charge in [0, 0.05) is 23.2 Å². The third-order valence-electron chi connectivity index (χ3n) is 3.26. The molecule has 3 heterocycles. The normalized spacial score (nSPS) is 12.0. The van der Waals surface area contributed by atoms with Crippen LogP contribution in [0.15, 0.2) is 30.2 Å². The van der Waals surface area contributed by atoms with Crippen molar-refractivity contribution >= 4 is 22.6 Å². The predicted molar refractivity (Wildman–Crippen MR) is 81.8 cm³/mol. The van der Waals surface area contributed by atoms with Gasteiger partial charge in [-0.1, -0.05) is 20.8 Å². The molecule has 0 aliphatic heterocycles. The Kier molecular flexibility index (Phi) is 3.33. The first-order chi connectivity index (χ1) is 9.95. The van der Waals surface area contributed by atoms with Crippen LogP contribution < -0.4 is 0 Å². The average molecular weight is 300 g/mol. The Balaban J connectivity index is 1.85. The van der Waals surface area contributed by atoms with E-state index in [-0.39, 0.29) is 11.2 Å². The van der Waals surface area contributed by atoms with Gasteiger partial charge in [-0.05, 0) is 0 Å². The molecule has 21 heavy (non-hydrogen) atoms. The first-order valence-corrected chi connectivity index (χ1v) is 7.58. The maximum atomic E-state index is 12.4. The molecule has 108 valence electrons. The van der Waals surface area contributed by atoms with E-state index in [4.69, 9.17) is 0 Å². The summed E-state index contributed by atoms with van der Waals surface area (Å²) in [5, 5.41) is 7.03. The number of hydrogen-bond acceptors (Lipinski definition) is 5. The second-order valence-corrected chi connectivity index (χ2v) is 6.88. The topological polar surface area (TPSA) is 60.2 Å². The summed E-state index contributed by atoms with van der Waals surface area (Å²) in [6, 6.07) is 0. The van der Waals surface area contributed by atoms with Gasteiger partial charge >= 0.3 is 0 Å². The van der Waals surface area contributed by atoms with Gasteiger partial charge in [-0.2, -0.15) is 5.10 Å². The number of nitrogens with zero attached hydrogens (tertiary/aromatic N) is 4. The van der Waals surface area contributed by atoms with Crippen molar-refractivity contribution in [3.8, 4) is 0 Å². The van der Waals surface area contributed by atoms with E-state index in [9.17, 15) is 4.79 Å². The number of thiazole rings is 1. The Labute approximate surface area is 126 Å². The lowest BCUT2D eigenvalue weighted by molar-refractivity contribution is 0.0994. The summed E-state index contributed by atoms with van der Waals surface area (Å²) in [6.07, 6.45) is 6.93. The number of rotatable bonds is 3. The Morgan fingerprint density at radius 3 is 2.86 bits per heavy atom. The SMILES string of the molecule is CC(C)(C)c1csc(CC(=O)c2cnn3ccncc23)n1. The average Bonchev–Trinajstić information content (AvgIpc) is 3.03. The number of aromatic nitrogens is 4. The van der Waals surface area contributed by atoms with Crippen LogP contribution in [-0.2, 0) is 11.8 Å². The molecular formula is C15H16N4OS. The third kappa shape index (κ3) is 2.71. The summed E-state index contributed by atoms with van der Waals surface area (Å²) < 4.78 is 1.66. The van der Waals surface area contributed by atoms with Crippen molar-refractivity contribution in [3.05, 3.63) is 46.4 Å². The molecule has 5 nitrogen and oxygen atoms in total. The molecule has 3 rings (SSSR count). The highest BCUT2D eigenvalue weighted by molar-refractivity contribution is 7.09. The van der Waals surface area contributed by atoms with Crippen molar-refractivity contribution in [2.24, 2.45) is 0 Å². The molecule has 6 heteroatoms. The van der Waals surface area contributed by atoms with E-state index in [1.165, 1.54) is 11.3 Å². The molecule has 0 aliphatic carbocycles. The van der Waals surface area contributed by atoms with Crippen LogP contribution in [0.1, 0.15) is 41.8 Å². The van der Waals surface area contributed by atoms with E-state index in [0.29, 0.717) is 12.0 Å². The summed E-state index contributed by atoms with van der Waals surface area (Å²) in [4.78, 5) is 21.0. The molecule has 0 bridgehead atoms. The van der Waals surface area contributed by atoms with Gasteiger partial charge in [0.25, 0.3) is 0 Å². The summed E-state index contributed by atoms with van der Waals surface area (Å²) >= 11 is 1.53. The molecule has 0 spiro atoms. The molecule has 0 atom stereocenters. The van der Waals surface area contributed by atoms with Crippen molar-refractivity contribution < 1.29 is 4.79 Å². The molecule has 3 aromatic heterocycles. The largest absolute Gasteiger partial charge is 0.294 e. The van der Waals surface area contributed by atoms with Gasteiger partial charge in [0.05, 0.1) is 35.6 Å². The molecule has 0 fully saturated rings. The number of hydrogen-bond donors (Lipinski definition) is 0. The lowest BCUT2D eigenvalue weighted by Crippen LogP contribution is -2.12. The Hall–Kier alpha value is -2.08. The Bertz CT molecular complexity index is 797. The molecule has 0 N–H and O–H groups in total. The maximum absolute atomic E-state index is 12.4. The summed E-state index contributed by atoms with van der Waals surface area (Å²) in [5.41, 5.74) is 2.36. The smallest absolute Gasteiger partial charge is 0.173 e. The van der Waals surface area contributed by atoms with Crippen molar-refractivity contribution in [2.45, 2.75) is 32.6 Å². The second-order valence-electron chi connectivity index (χ2n) is 5.94. The van der Waals surface area contributed by atoms with Gasteiger partial charge in [-0.3, -0.25) is 9.78 Å². The van der Waals surface area contributed by atoms with Crippen molar-refractivity contribution in [1.82, 2.24) is 19.6 Å². The molecule has 0 aliphatic rings. The van der Waals surface area contributed by atoms with Crippen LogP contribution >= 0.6 is 11.3 Å². The Morgan fingerprint density at radius 2 is 2.14 bits per heavy atom. The third-order valence-corrected chi connectivity index (χ3v) is 4.11. The van der Waals surface area contributed by atoms with Gasteiger partial charge in [0.2, 0.25) is 0 Å². The van der Waals surface area contributed by atoms with Crippen LogP contribution in [0.5, 0.6) is 0 Å². The second kappa shape index (κ2) is 5.04. The molecule has 0 aromatic carbocycles. The number of carbonyl (C=O) groups excluding carboxylic acids is 1. The van der Waals surface area contributed by atoms with Gasteiger partial charge in [-0.25, -0.2) is 9.50 Å². The predicted octanol–water partition coefficient (Wildman–Crippen LogP) is 2.91. The van der Waals surface area contributed by atoms with Crippen LogP contribution in [0, 0.1) is 0 Å². The Morgan fingerprint density at radius 1 is 1.33 bits per heavy atom. The zero-order chi connectivity index (χ0) is 15.0. The van der Waals surface area contributed by atoms with Crippen LogP contribution in [0.3, 0.4) is 0 Å². The molecule has 0 unspecified atom stereocenters. The minimum Gasteiger partial charge on any atom is -0.294 e. The maximum Gasteiger partial charge on any atom is 0.173 e. The highest BCUT2D eigenvalue weighted by Crippen LogP contribution is 2.24. The lowest BCUT2D eigenvalue weighted by Gasteiger charge is -2.14. The standard InChI is InChI=1S/C15H16N4OS/c1-15(2,3)13-9-21-14(18-13)6-12(20)10-7-17-19-5-4-16-8-11(10)19/h4-5,7-9H,6H2,1-3H3. The fourth-order valence-electron chi connectivity index (χ4n) is 2.02. The van der Waals surface area contributed by atoms with Gasteiger partial charge < -0.3 is 0 Å². The fourth-order valence-corrected chi connectivity index (χ4v) is 3.04. The number of fused-ring (bicyclic) bond motifs is 1. The first-order valence-electron chi connectivity index (χ1n) is 6.70. The van der Waals surface area contributed by atoms with Crippen molar-refractivity contribution in [3.63, 3.8) is 0 Å². The summed E-state index contributed by atoms with van der Waals surface area (Å²) in [5.74, 6) is 0.0211. The quantitative estimate of drug-likeness (QED) is 0.698. The number of carbonyl (C=O) groups is 1. The minimum atomic E-state index is 0.00608. The van der Waals surface area contributed by atoms with Crippen LogP contribution in [0.4, 0.5) is 0 Å². The van der Waals surface area contributed by atoms with Crippen LogP contribution in [-0.4, -0.2) is 25.4 Å². The monoisotopic (exact) mass is 300 g/mol. The van der Waals surface area contributed by atoms with E-state index < -0.39 is 0 Å². The minimum absolute atomic E-state index is 0.00608. The number of ketones is 1. The van der Waals surface area contributed by atoms with Crippen molar-refractivity contribution in [2.75, 3.05) is 0 Å². The summed E-state index contributed by atoms with van der Waals surface area (Å²) in [6.45, 7) is 6.35. The molecule has 0 amide bonds. The summed E-state index contributed by atoms with van der Waals surface area (Å²) in [7, 11) is 0. The van der Waals surface area contributed by atoms with E-state index >= 15 is 0 Å². The van der Waals surface area contributed by atoms with E-state index in [1.807, 2.05) is 5.38 Å². The van der Waals surface area contributed by atoms with E-state index in [0.717, 1.165) is 16.2 Å². The van der Waals surface area contributed by atoms with Crippen LogP contribution in [0.2, 0.25) is 0 Å². The lowest BCUT2D eigenvalue weighted by atomic mass is 9.93. The first kappa shape index (κ1) is 13.9. The highest BCUT2D eigenvalue weighted by Gasteiger charge is 2.20. The molecular weight excluding hydrogens is 284 g/mol. The molecule has 3 aromatic rings. The fraction of sp³-hybridized carbons (Fsp3) is 0.333. The zero-order valence-corrected chi connectivity index (χ0v) is 13.0. The van der Waals surface area contributed by atoms with Gasteiger partial charge in [-0.15, -0.1) is 11.3 Å². The van der Waals surface area contributed by atoms with Crippen LogP contribution in [0.25, 0.3) is 5.52 Å². The van der Waals surface area contributed by atoms with E-state index in [1.54, 1.807) is 29.3 Å². The van der Waals surface area contributed by atoms with E-state index in [2.05, 4.69) is 35.8 Å². The van der Waals surface area contributed by atoms with Gasteiger partial charge in [0.15, 0.2) is 5.78 Å². The van der Waals surface area contributed by atoms with Crippen molar-refractivity contribution in [1.29, 1.82) is 0 Å². The highest BCUT2D eigenvalue weighted by atomic mass is 32.1.